The van der Waals surface area contributed by atoms with Gasteiger partial charge in [0.05, 0.1) is 32.4 Å². The highest BCUT2D eigenvalue weighted by Gasteiger charge is 2.27. The fraction of sp³-hybridized carbons (Fsp3) is 0.500. The zero-order valence-electron chi connectivity index (χ0n) is 26.3. The highest BCUT2D eigenvalue weighted by molar-refractivity contribution is 6.30. The molecule has 1 atom stereocenters. The van der Waals surface area contributed by atoms with Crippen LogP contribution in [0.4, 0.5) is 5.82 Å². The quantitative estimate of drug-likeness (QED) is 0.432. The van der Waals surface area contributed by atoms with Crippen LogP contribution in [0.2, 0.25) is 5.02 Å². The second-order valence-electron chi connectivity index (χ2n) is 11.4. The molecule has 1 fully saturated rings. The number of carbonyl (C=O) groups is 2. The first-order chi connectivity index (χ1) is 21.8. The van der Waals surface area contributed by atoms with Crippen LogP contribution < -0.4 is 30.0 Å². The Hall–Kier alpha value is -4.03. The monoisotopic (exact) mass is 640 g/mol. The number of likely N-dealkylation sites (N-methyl/N-ethyl adjacent to an activating group) is 1. The molecule has 2 amide bonds. The zero-order valence-corrected chi connectivity index (χ0v) is 27.0. The fourth-order valence-corrected chi connectivity index (χ4v) is 6.32. The van der Waals surface area contributed by atoms with Crippen LogP contribution in [0.1, 0.15) is 42.1 Å². The number of hydrogen-bond acceptors (Lipinski definition) is 9. The summed E-state index contributed by atoms with van der Waals surface area (Å²) in [5, 5.41) is 3.84. The smallest absolute Gasteiger partial charge is 0.266 e. The highest BCUT2D eigenvalue weighted by Crippen LogP contribution is 2.44. The lowest BCUT2D eigenvalue weighted by atomic mass is 9.97. The van der Waals surface area contributed by atoms with Crippen molar-refractivity contribution < 1.29 is 23.8 Å². The van der Waals surface area contributed by atoms with Crippen LogP contribution in [0, 0.1) is 5.92 Å². The minimum atomic E-state index is -0.463. The SMILES string of the molecule is CCN1CCN(C(=O)c2c[nH]c(=O)c(Cl)c2)CCC(=O)NCC2CCCN(C2)c2nc3cc(OC)c(OC)c(OC)c3cc2C1. The molecule has 0 radical (unpaired) electrons. The number of ether oxygens (including phenoxy) is 3. The third kappa shape index (κ3) is 7.12. The van der Waals surface area contributed by atoms with Crippen LogP contribution in [0.15, 0.2) is 29.2 Å². The van der Waals surface area contributed by atoms with Gasteiger partial charge >= 0.3 is 0 Å². The van der Waals surface area contributed by atoms with E-state index < -0.39 is 5.56 Å². The zero-order chi connectivity index (χ0) is 32.1. The van der Waals surface area contributed by atoms with Gasteiger partial charge in [-0.15, -0.1) is 0 Å². The Morgan fingerprint density at radius 3 is 2.56 bits per heavy atom. The van der Waals surface area contributed by atoms with E-state index in [1.54, 1.807) is 26.2 Å². The summed E-state index contributed by atoms with van der Waals surface area (Å²) in [6.45, 7) is 6.69. The summed E-state index contributed by atoms with van der Waals surface area (Å²) in [4.78, 5) is 52.2. The van der Waals surface area contributed by atoms with Gasteiger partial charge in [0, 0.05) is 75.4 Å². The van der Waals surface area contributed by atoms with Gasteiger partial charge in [-0.3, -0.25) is 19.3 Å². The molecule has 5 rings (SSSR count). The van der Waals surface area contributed by atoms with E-state index in [9.17, 15) is 14.4 Å². The van der Waals surface area contributed by atoms with Crippen LogP contribution in [-0.2, 0) is 11.3 Å². The normalized spacial score (nSPS) is 18.4. The van der Waals surface area contributed by atoms with Crippen molar-refractivity contribution in [3.63, 3.8) is 0 Å². The third-order valence-corrected chi connectivity index (χ3v) is 8.89. The average molecular weight is 641 g/mol. The molecule has 13 heteroatoms. The molecule has 2 aliphatic heterocycles. The van der Waals surface area contributed by atoms with Crippen molar-refractivity contribution in [2.75, 3.05) is 72.0 Å². The van der Waals surface area contributed by atoms with Crippen LogP contribution in [-0.4, -0.2) is 98.7 Å². The Bertz CT molecular complexity index is 1610. The van der Waals surface area contributed by atoms with Gasteiger partial charge in [0.1, 0.15) is 10.8 Å². The number of nitrogens with one attached hydrogen (secondary N) is 2. The first-order valence-corrected chi connectivity index (χ1v) is 15.7. The Morgan fingerprint density at radius 2 is 1.84 bits per heavy atom. The average Bonchev–Trinajstić information content (AvgIpc) is 3.06. The molecule has 2 aliphatic rings. The number of nitrogens with zero attached hydrogens (tertiary/aromatic N) is 4. The molecule has 3 aromatic rings. The molecule has 242 valence electrons. The Morgan fingerprint density at radius 1 is 1.04 bits per heavy atom. The number of carbonyl (C=O) groups excluding carboxylic acids is 2. The number of H-pyrrole nitrogens is 1. The molecule has 1 aromatic carbocycles. The van der Waals surface area contributed by atoms with Crippen LogP contribution >= 0.6 is 11.6 Å². The van der Waals surface area contributed by atoms with Gasteiger partial charge in [0.15, 0.2) is 11.5 Å². The predicted octanol–water partition coefficient (Wildman–Crippen LogP) is 3.30. The fourth-order valence-electron chi connectivity index (χ4n) is 6.15. The number of hydrogen-bond donors (Lipinski definition) is 2. The topological polar surface area (TPSA) is 129 Å². The lowest BCUT2D eigenvalue weighted by Gasteiger charge is -2.35. The van der Waals surface area contributed by atoms with E-state index in [2.05, 4.69) is 33.1 Å². The first kappa shape index (κ1) is 32.4. The maximum atomic E-state index is 13.6. The predicted molar refractivity (Wildman–Crippen MR) is 173 cm³/mol. The van der Waals surface area contributed by atoms with Crippen LogP contribution in [0.25, 0.3) is 10.9 Å². The third-order valence-electron chi connectivity index (χ3n) is 8.61. The van der Waals surface area contributed by atoms with Gasteiger partial charge in [0.2, 0.25) is 11.7 Å². The highest BCUT2D eigenvalue weighted by atomic mass is 35.5. The summed E-state index contributed by atoms with van der Waals surface area (Å²) in [7, 11) is 4.78. The molecule has 1 unspecified atom stereocenters. The van der Waals surface area contributed by atoms with Crippen molar-refractivity contribution >= 4 is 40.1 Å². The van der Waals surface area contributed by atoms with Gasteiger partial charge in [-0.2, -0.15) is 0 Å². The van der Waals surface area contributed by atoms with Gasteiger partial charge in [-0.25, -0.2) is 4.98 Å². The minimum Gasteiger partial charge on any atom is -0.493 e. The number of aromatic nitrogens is 2. The molecular formula is C32H41ClN6O6. The molecule has 45 heavy (non-hydrogen) atoms. The number of halogens is 1. The van der Waals surface area contributed by atoms with Crippen molar-refractivity contribution in [1.82, 2.24) is 25.1 Å². The van der Waals surface area contributed by atoms with Gasteiger partial charge in [0.25, 0.3) is 11.5 Å². The number of fused-ring (bicyclic) bond motifs is 5. The molecule has 1 saturated heterocycles. The summed E-state index contributed by atoms with van der Waals surface area (Å²) in [6, 6.07) is 5.36. The number of aromatic amines is 1. The number of pyridine rings is 2. The maximum Gasteiger partial charge on any atom is 0.266 e. The van der Waals surface area contributed by atoms with E-state index in [-0.39, 0.29) is 41.3 Å². The summed E-state index contributed by atoms with van der Waals surface area (Å²) in [6.07, 6.45) is 3.51. The summed E-state index contributed by atoms with van der Waals surface area (Å²) < 4.78 is 17.1. The van der Waals surface area contributed by atoms with E-state index in [0.717, 1.165) is 54.8 Å². The second kappa shape index (κ2) is 14.4. The van der Waals surface area contributed by atoms with E-state index in [4.69, 9.17) is 30.8 Å². The molecule has 0 spiro atoms. The second-order valence-corrected chi connectivity index (χ2v) is 11.8. The first-order valence-electron chi connectivity index (χ1n) is 15.3. The molecular weight excluding hydrogens is 600 g/mol. The number of methoxy groups -OCH3 is 3. The van der Waals surface area contributed by atoms with Crippen molar-refractivity contribution in [2.24, 2.45) is 5.92 Å². The maximum absolute atomic E-state index is 13.6. The van der Waals surface area contributed by atoms with Gasteiger partial charge in [-0.1, -0.05) is 18.5 Å². The Labute approximate surface area is 267 Å². The lowest BCUT2D eigenvalue weighted by molar-refractivity contribution is -0.121. The minimum absolute atomic E-state index is 0.0609. The molecule has 12 nitrogen and oxygen atoms in total. The number of anilines is 1. The van der Waals surface area contributed by atoms with E-state index in [0.29, 0.717) is 43.4 Å². The van der Waals surface area contributed by atoms with Crippen LogP contribution in [0.3, 0.4) is 0 Å². The number of rotatable bonds is 5. The Kier molecular flexibility index (Phi) is 10.3. The summed E-state index contributed by atoms with van der Waals surface area (Å²) >= 11 is 6.03. The summed E-state index contributed by atoms with van der Waals surface area (Å²) in [5.74, 6) is 2.32. The van der Waals surface area contributed by atoms with Crippen molar-refractivity contribution in [2.45, 2.75) is 32.7 Å². The molecule has 0 saturated carbocycles. The number of amides is 2. The van der Waals surface area contributed by atoms with E-state index in [1.165, 1.54) is 12.3 Å². The van der Waals surface area contributed by atoms with Crippen LogP contribution in [0.5, 0.6) is 17.2 Å². The molecule has 2 N–H and O–H groups in total. The van der Waals surface area contributed by atoms with E-state index >= 15 is 0 Å². The van der Waals surface area contributed by atoms with Gasteiger partial charge in [-0.05, 0) is 37.4 Å². The Balaban J connectivity index is 1.55. The van der Waals surface area contributed by atoms with Gasteiger partial charge < -0.3 is 34.3 Å². The van der Waals surface area contributed by atoms with Crippen molar-refractivity contribution in [1.29, 1.82) is 0 Å². The largest absolute Gasteiger partial charge is 0.493 e. The van der Waals surface area contributed by atoms with Crippen molar-refractivity contribution in [3.05, 3.63) is 50.9 Å². The molecule has 4 heterocycles. The standard InChI is InChI=1S/C32H41ClN6O6/c1-5-37-11-12-38(32(42)21-14-24(33)31(41)35-17-21)10-8-27(40)34-16-20-7-6-9-39(18-20)30-22(19-37)13-23-25(36-30)15-26(43-2)29(45-4)28(23)44-3/h13-15,17,20H,5-12,16,18-19H2,1-4H3,(H,34,40)(H,35,41). The molecule has 0 aliphatic carbocycles. The van der Waals surface area contributed by atoms with Crippen molar-refractivity contribution in [3.8, 4) is 17.2 Å². The summed E-state index contributed by atoms with van der Waals surface area (Å²) in [5.41, 5.74) is 1.56. The molecule has 2 bridgehead atoms. The van der Waals surface area contributed by atoms with E-state index in [1.807, 2.05) is 6.07 Å². The molecule has 2 aromatic heterocycles. The lowest BCUT2D eigenvalue weighted by Crippen LogP contribution is -2.42. The number of piperidine rings is 1. The number of benzene rings is 1.